The number of hydrogen-bond donors (Lipinski definition) is 2. The summed E-state index contributed by atoms with van der Waals surface area (Å²) in [6, 6.07) is 3.57. The van der Waals surface area contributed by atoms with Gasteiger partial charge in [-0.25, -0.2) is 4.98 Å². The van der Waals surface area contributed by atoms with E-state index in [1.54, 1.807) is 23.9 Å². The molecule has 0 saturated carbocycles. The molecule has 7 heteroatoms. The van der Waals surface area contributed by atoms with E-state index in [0.717, 1.165) is 4.88 Å². The van der Waals surface area contributed by atoms with E-state index in [0.29, 0.717) is 24.5 Å². The summed E-state index contributed by atoms with van der Waals surface area (Å²) in [6.45, 7) is 0.847. The van der Waals surface area contributed by atoms with Crippen LogP contribution in [0.1, 0.15) is 10.5 Å². The van der Waals surface area contributed by atoms with Crippen LogP contribution >= 0.6 is 23.7 Å². The molecule has 92 valence electrons. The minimum absolute atomic E-state index is 0. The van der Waals surface area contributed by atoms with Gasteiger partial charge in [-0.15, -0.1) is 23.7 Å². The number of nitrogens with two attached hydrogens (primary N) is 1. The molecule has 0 aliphatic carbocycles. The number of nitrogens with zero attached hydrogens (tertiary/aromatic N) is 1. The molecule has 0 atom stereocenters. The van der Waals surface area contributed by atoms with Gasteiger partial charge in [-0.2, -0.15) is 0 Å². The van der Waals surface area contributed by atoms with Crippen LogP contribution in [0.25, 0.3) is 10.6 Å². The van der Waals surface area contributed by atoms with Crippen molar-refractivity contribution in [2.45, 2.75) is 0 Å². The largest absolute Gasteiger partial charge is 0.463 e. The van der Waals surface area contributed by atoms with Gasteiger partial charge in [0.15, 0.2) is 0 Å². The fourth-order valence-electron chi connectivity index (χ4n) is 1.26. The summed E-state index contributed by atoms with van der Waals surface area (Å²) in [5, 5.41) is 2.68. The van der Waals surface area contributed by atoms with E-state index in [1.807, 2.05) is 0 Å². The van der Waals surface area contributed by atoms with E-state index in [1.165, 1.54) is 11.3 Å². The smallest absolute Gasteiger partial charge is 0.271 e. The molecule has 0 aromatic carbocycles. The molecular weight excluding hydrogens is 262 g/mol. The van der Waals surface area contributed by atoms with Crippen molar-refractivity contribution >= 4 is 29.7 Å². The topological polar surface area (TPSA) is 81.1 Å². The molecule has 2 aromatic rings. The van der Waals surface area contributed by atoms with E-state index < -0.39 is 0 Å². The summed E-state index contributed by atoms with van der Waals surface area (Å²) in [6.07, 6.45) is 1.57. The number of carbonyl (C=O) groups is 1. The number of thiazole rings is 1. The summed E-state index contributed by atoms with van der Waals surface area (Å²) >= 11 is 1.37. The van der Waals surface area contributed by atoms with Crippen LogP contribution in [-0.4, -0.2) is 24.0 Å². The highest BCUT2D eigenvalue weighted by Crippen LogP contribution is 2.27. The van der Waals surface area contributed by atoms with Crippen molar-refractivity contribution in [1.29, 1.82) is 0 Å². The predicted molar refractivity (Wildman–Crippen MR) is 68.5 cm³/mol. The van der Waals surface area contributed by atoms with Crippen LogP contribution in [0.3, 0.4) is 0 Å². The number of nitrogens with one attached hydrogen (secondary N) is 1. The molecule has 1 amide bonds. The Bertz CT molecular complexity index is 470. The Morgan fingerprint density at radius 3 is 3.06 bits per heavy atom. The molecule has 0 fully saturated rings. The minimum Gasteiger partial charge on any atom is -0.463 e. The van der Waals surface area contributed by atoms with E-state index in [4.69, 9.17) is 10.2 Å². The Morgan fingerprint density at radius 2 is 2.41 bits per heavy atom. The van der Waals surface area contributed by atoms with Crippen molar-refractivity contribution < 1.29 is 9.21 Å². The van der Waals surface area contributed by atoms with Gasteiger partial charge < -0.3 is 15.5 Å². The summed E-state index contributed by atoms with van der Waals surface area (Å²) < 4.78 is 5.24. The predicted octanol–water partition coefficient (Wildman–Crippen LogP) is 1.51. The van der Waals surface area contributed by atoms with Crippen molar-refractivity contribution in [3.63, 3.8) is 0 Å². The first-order valence-corrected chi connectivity index (χ1v) is 5.66. The SMILES string of the molecule is Cl.NCCNC(=O)c1ncsc1-c1ccco1. The zero-order valence-electron chi connectivity index (χ0n) is 8.88. The van der Waals surface area contributed by atoms with Crippen molar-refractivity contribution in [3.8, 4) is 10.6 Å². The molecule has 2 aromatic heterocycles. The molecule has 0 bridgehead atoms. The van der Waals surface area contributed by atoms with Crippen molar-refractivity contribution in [3.05, 3.63) is 29.6 Å². The third-order valence-corrected chi connectivity index (χ3v) is 2.80. The number of rotatable bonds is 4. The van der Waals surface area contributed by atoms with Crippen LogP contribution < -0.4 is 11.1 Å². The molecule has 0 unspecified atom stereocenters. The number of amides is 1. The molecule has 3 N–H and O–H groups in total. The lowest BCUT2D eigenvalue weighted by Gasteiger charge is -2.01. The summed E-state index contributed by atoms with van der Waals surface area (Å²) in [7, 11) is 0. The Hall–Kier alpha value is -1.37. The first kappa shape index (κ1) is 13.7. The molecule has 0 spiro atoms. The Balaban J connectivity index is 0.00000144. The molecule has 0 radical (unpaired) electrons. The Morgan fingerprint density at radius 1 is 1.59 bits per heavy atom. The molecule has 2 heterocycles. The van der Waals surface area contributed by atoms with Gasteiger partial charge in [0, 0.05) is 13.1 Å². The maximum absolute atomic E-state index is 11.7. The number of hydrogen-bond acceptors (Lipinski definition) is 5. The third kappa shape index (κ3) is 3.06. The maximum Gasteiger partial charge on any atom is 0.271 e. The molecule has 0 aliphatic heterocycles. The van der Waals surface area contributed by atoms with Gasteiger partial charge in [-0.3, -0.25) is 4.79 Å². The van der Waals surface area contributed by atoms with Crippen LogP contribution in [0, 0.1) is 0 Å². The van der Waals surface area contributed by atoms with Crippen LogP contribution in [-0.2, 0) is 0 Å². The van der Waals surface area contributed by atoms with Crippen LogP contribution in [0.15, 0.2) is 28.3 Å². The van der Waals surface area contributed by atoms with Gasteiger partial charge >= 0.3 is 0 Å². The highest BCUT2D eigenvalue weighted by atomic mass is 35.5. The van der Waals surface area contributed by atoms with E-state index >= 15 is 0 Å². The maximum atomic E-state index is 11.7. The minimum atomic E-state index is -0.224. The summed E-state index contributed by atoms with van der Waals surface area (Å²) in [4.78, 5) is 16.5. The van der Waals surface area contributed by atoms with E-state index in [9.17, 15) is 4.79 Å². The monoisotopic (exact) mass is 273 g/mol. The normalized spacial score (nSPS) is 9.71. The van der Waals surface area contributed by atoms with Crippen LogP contribution in [0.5, 0.6) is 0 Å². The number of carbonyl (C=O) groups excluding carboxylic acids is 1. The van der Waals surface area contributed by atoms with Gasteiger partial charge in [0.1, 0.15) is 16.3 Å². The average molecular weight is 274 g/mol. The Labute approximate surface area is 108 Å². The van der Waals surface area contributed by atoms with Crippen LogP contribution in [0.2, 0.25) is 0 Å². The van der Waals surface area contributed by atoms with Crippen molar-refractivity contribution in [2.24, 2.45) is 5.73 Å². The second kappa shape index (κ2) is 6.39. The lowest BCUT2D eigenvalue weighted by Crippen LogP contribution is -2.29. The third-order valence-electron chi connectivity index (χ3n) is 1.96. The van der Waals surface area contributed by atoms with Gasteiger partial charge in [0.25, 0.3) is 5.91 Å². The lowest BCUT2D eigenvalue weighted by molar-refractivity contribution is 0.0951. The molecule has 5 nitrogen and oxygen atoms in total. The zero-order chi connectivity index (χ0) is 11.4. The fraction of sp³-hybridized carbons (Fsp3) is 0.200. The van der Waals surface area contributed by atoms with Gasteiger partial charge in [0.05, 0.1) is 11.8 Å². The standard InChI is InChI=1S/C10H11N3O2S.ClH/c11-3-4-12-10(14)8-9(16-6-13-8)7-2-1-5-15-7;/h1-2,5-6H,3-4,11H2,(H,12,14);1H. The quantitative estimate of drug-likeness (QED) is 0.885. The van der Waals surface area contributed by atoms with Crippen LogP contribution in [0.4, 0.5) is 0 Å². The van der Waals surface area contributed by atoms with E-state index in [-0.39, 0.29) is 18.3 Å². The second-order valence-electron chi connectivity index (χ2n) is 3.05. The first-order chi connectivity index (χ1) is 7.83. The average Bonchev–Trinajstić information content (AvgIpc) is 2.94. The summed E-state index contributed by atoms with van der Waals surface area (Å²) in [5.41, 5.74) is 7.31. The van der Waals surface area contributed by atoms with Crippen molar-refractivity contribution in [2.75, 3.05) is 13.1 Å². The number of halogens is 1. The molecular formula is C10H12ClN3O2S. The van der Waals surface area contributed by atoms with Gasteiger partial charge in [0.2, 0.25) is 0 Å². The van der Waals surface area contributed by atoms with Gasteiger partial charge in [-0.1, -0.05) is 0 Å². The number of furan rings is 1. The molecule has 2 rings (SSSR count). The highest BCUT2D eigenvalue weighted by Gasteiger charge is 2.17. The molecule has 0 aliphatic rings. The molecule has 0 saturated heterocycles. The first-order valence-electron chi connectivity index (χ1n) is 4.78. The molecule has 17 heavy (non-hydrogen) atoms. The summed E-state index contributed by atoms with van der Waals surface area (Å²) in [5.74, 6) is 0.429. The Kier molecular flexibility index (Phi) is 5.14. The number of aromatic nitrogens is 1. The lowest BCUT2D eigenvalue weighted by atomic mass is 10.3. The van der Waals surface area contributed by atoms with Crippen molar-refractivity contribution in [1.82, 2.24) is 10.3 Å². The highest BCUT2D eigenvalue weighted by molar-refractivity contribution is 7.13. The fourth-order valence-corrected chi connectivity index (χ4v) is 2.01. The zero-order valence-corrected chi connectivity index (χ0v) is 10.5. The second-order valence-corrected chi connectivity index (χ2v) is 3.91. The van der Waals surface area contributed by atoms with Gasteiger partial charge in [-0.05, 0) is 12.1 Å². The van der Waals surface area contributed by atoms with E-state index in [2.05, 4.69) is 10.3 Å².